The number of hydrogen-bond donors (Lipinski definition) is 6. The fraction of sp³-hybridized carbons (Fsp3) is 0.520. The molecule has 2 aliphatic heterocycles. The maximum Gasteiger partial charge on any atom is 0.246 e. The molecule has 0 aliphatic carbocycles. The molecule has 5 aromatic rings. The van der Waals surface area contributed by atoms with Crippen LogP contribution < -0.4 is 31.9 Å². The van der Waals surface area contributed by atoms with Crippen LogP contribution >= 0.6 is 35.3 Å². The standard InChI is InChI=1S/C75H104N8O6S3/c1-6-7-8-9-10-11-12-13-14-15-16-17-18-31-46-90-50-57-47-58(51-91-53-64(78-70(84)55(2)76-4)74(88)82-44-32-42-66(82)72(86)80-68(60-34-23-19-24-35-60)61-36-25-20-26-37-61)49-59(48-57)52-92-54-65(79-71(85)56(3)77-5)75(89)83-45-33-43-67(83)73(87)81-69(62-38-27-21-28-39-62)63-40-29-22-30-41-63/h19-30,34-41,47-49,55-56,64-69,76-77H,6-18,31-33,42-46,50-54H2,1-5H3,(H,78,84)(H,79,85)(H,80,86)(H,81,87)/t55-,56-,64-,65-,66-,67-/m0/s1. The van der Waals surface area contributed by atoms with E-state index in [0.29, 0.717) is 50.3 Å². The molecule has 0 saturated carbocycles. The van der Waals surface area contributed by atoms with Crippen molar-refractivity contribution in [2.75, 3.05) is 44.4 Å². The molecule has 2 aliphatic rings. The Balaban J connectivity index is 1.03. The van der Waals surface area contributed by atoms with E-state index in [1.165, 1.54) is 95.5 Å². The first-order chi connectivity index (χ1) is 44.9. The second-order valence-electron chi connectivity index (χ2n) is 24.9. The second-order valence-corrected chi connectivity index (χ2v) is 28.1. The van der Waals surface area contributed by atoms with Crippen LogP contribution in [-0.4, -0.2) is 126 Å². The Morgan fingerprint density at radius 1 is 0.435 bits per heavy atom. The molecule has 0 unspecified atom stereocenters. The predicted molar refractivity (Wildman–Crippen MR) is 381 cm³/mol. The molecule has 0 aromatic heterocycles. The van der Waals surface area contributed by atoms with Crippen molar-refractivity contribution in [2.24, 2.45) is 0 Å². The van der Waals surface area contributed by atoms with Crippen molar-refractivity contribution in [1.29, 1.82) is 0 Å². The number of hydrogen-bond acceptors (Lipinski definition) is 11. The van der Waals surface area contributed by atoms with Gasteiger partial charge in [0.15, 0.2) is 0 Å². The minimum atomic E-state index is -0.889. The van der Waals surface area contributed by atoms with E-state index in [1.807, 2.05) is 133 Å². The van der Waals surface area contributed by atoms with Crippen LogP contribution in [0.2, 0.25) is 0 Å². The molecule has 17 heteroatoms. The van der Waals surface area contributed by atoms with Gasteiger partial charge in [0.1, 0.15) is 24.2 Å². The largest absolute Gasteiger partial charge is 0.343 e. The van der Waals surface area contributed by atoms with Crippen molar-refractivity contribution in [1.82, 2.24) is 41.7 Å². The van der Waals surface area contributed by atoms with E-state index in [-0.39, 0.29) is 46.9 Å². The number of unbranched alkanes of at least 4 members (excludes halogenated alkanes) is 13. The summed E-state index contributed by atoms with van der Waals surface area (Å²) < 4.78 is 0. The highest BCUT2D eigenvalue weighted by Gasteiger charge is 2.41. The molecule has 2 fully saturated rings. The van der Waals surface area contributed by atoms with Crippen molar-refractivity contribution >= 4 is 70.7 Å². The fourth-order valence-corrected chi connectivity index (χ4v) is 15.2. The zero-order chi connectivity index (χ0) is 65.3. The Labute approximate surface area is 562 Å². The summed E-state index contributed by atoms with van der Waals surface area (Å²) in [5, 5.41) is 18.7. The molecule has 92 heavy (non-hydrogen) atoms. The highest BCUT2D eigenvalue weighted by atomic mass is 32.2. The average molecular weight is 1310 g/mol. The smallest absolute Gasteiger partial charge is 0.246 e. The van der Waals surface area contributed by atoms with Gasteiger partial charge in [0.05, 0.1) is 24.2 Å². The van der Waals surface area contributed by atoms with E-state index in [9.17, 15) is 28.8 Å². The molecule has 0 radical (unpaired) electrons. The van der Waals surface area contributed by atoms with Crippen LogP contribution in [0.15, 0.2) is 140 Å². The lowest BCUT2D eigenvalue weighted by Gasteiger charge is -2.30. The number of likely N-dealkylation sites (tertiary alicyclic amines) is 2. The quantitative estimate of drug-likeness (QED) is 0.0205. The summed E-state index contributed by atoms with van der Waals surface area (Å²) in [4.78, 5) is 89.1. The first kappa shape index (κ1) is 73.3. The maximum atomic E-state index is 14.9. The normalized spacial score (nSPS) is 16.1. The zero-order valence-electron chi connectivity index (χ0n) is 55.4. The van der Waals surface area contributed by atoms with E-state index in [0.717, 1.165) is 44.9 Å². The number of thioether (sulfide) groups is 3. The Bertz CT molecular complexity index is 2750. The van der Waals surface area contributed by atoms with E-state index in [4.69, 9.17) is 0 Å². The molecule has 6 atom stereocenters. The van der Waals surface area contributed by atoms with E-state index >= 15 is 0 Å². The lowest BCUT2D eigenvalue weighted by molar-refractivity contribution is -0.141. The van der Waals surface area contributed by atoms with Crippen LogP contribution in [0.1, 0.15) is 187 Å². The van der Waals surface area contributed by atoms with Crippen LogP contribution in [0.3, 0.4) is 0 Å². The van der Waals surface area contributed by atoms with Crippen molar-refractivity contribution in [3.8, 4) is 0 Å². The number of rotatable bonds is 41. The third-order valence-corrected chi connectivity index (χ3v) is 21.1. The summed E-state index contributed by atoms with van der Waals surface area (Å²) in [6.45, 7) is 6.60. The molecular formula is C75H104N8O6S3. The summed E-state index contributed by atoms with van der Waals surface area (Å²) in [5.41, 5.74) is 7.09. The van der Waals surface area contributed by atoms with Crippen molar-refractivity contribution in [3.63, 3.8) is 0 Å². The van der Waals surface area contributed by atoms with Crippen LogP contribution in [0.25, 0.3) is 0 Å². The number of likely N-dealkylation sites (N-methyl/N-ethyl adjacent to an activating group) is 2. The SMILES string of the molecule is CCCCCCCCCCCCCCCCSCc1cc(CSC[C@H](NC(=O)[C@H](C)NC)C(=O)N2CCC[C@H]2C(=O)NC(c2ccccc2)c2ccccc2)cc(CSC[C@H](NC(=O)[C@H](C)NC)C(=O)N2CCC[C@H]2C(=O)NC(c2ccccc2)c2ccccc2)c1. The summed E-state index contributed by atoms with van der Waals surface area (Å²) in [7, 11) is 3.43. The average Bonchev–Trinajstić information content (AvgIpc) is 2.00. The van der Waals surface area contributed by atoms with Gasteiger partial charge >= 0.3 is 0 Å². The van der Waals surface area contributed by atoms with Crippen LogP contribution in [0, 0.1) is 0 Å². The van der Waals surface area contributed by atoms with Gasteiger partial charge in [-0.3, -0.25) is 28.8 Å². The monoisotopic (exact) mass is 1310 g/mol. The Morgan fingerprint density at radius 3 is 1.08 bits per heavy atom. The molecule has 6 amide bonds. The molecule has 6 N–H and O–H groups in total. The summed E-state index contributed by atoms with van der Waals surface area (Å²) in [5.74, 6) is 1.96. The highest BCUT2D eigenvalue weighted by Crippen LogP contribution is 2.30. The highest BCUT2D eigenvalue weighted by molar-refractivity contribution is 7.99. The molecule has 0 bridgehead atoms. The lowest BCUT2D eigenvalue weighted by atomic mass is 9.98. The minimum absolute atomic E-state index is 0.232. The molecule has 5 aromatic carbocycles. The van der Waals surface area contributed by atoms with Gasteiger partial charge in [0, 0.05) is 41.9 Å². The lowest BCUT2D eigenvalue weighted by Crippen LogP contribution is -2.56. The topological polar surface area (TPSA) is 181 Å². The zero-order valence-corrected chi connectivity index (χ0v) is 57.8. The van der Waals surface area contributed by atoms with Crippen LogP contribution in [-0.2, 0) is 46.0 Å². The number of carbonyl (C=O) groups is 6. The van der Waals surface area contributed by atoms with Gasteiger partial charge in [-0.2, -0.15) is 35.3 Å². The van der Waals surface area contributed by atoms with E-state index in [2.05, 4.69) is 57.0 Å². The molecule has 2 heterocycles. The molecule has 2 saturated heterocycles. The van der Waals surface area contributed by atoms with Crippen molar-refractivity contribution in [2.45, 2.75) is 202 Å². The fourth-order valence-electron chi connectivity index (χ4n) is 12.3. The summed E-state index contributed by atoms with van der Waals surface area (Å²) >= 11 is 5.09. The predicted octanol–water partition coefficient (Wildman–Crippen LogP) is 12.8. The first-order valence-electron chi connectivity index (χ1n) is 34.1. The van der Waals surface area contributed by atoms with Gasteiger partial charge in [-0.15, -0.1) is 0 Å². The van der Waals surface area contributed by atoms with Crippen molar-refractivity contribution < 1.29 is 28.8 Å². The van der Waals surface area contributed by atoms with Gasteiger partial charge in [-0.1, -0.05) is 230 Å². The molecular weight excluding hydrogens is 1210 g/mol. The number of carbonyl (C=O) groups excluding carboxylic acids is 6. The molecule has 498 valence electrons. The van der Waals surface area contributed by atoms with Gasteiger partial charge in [-0.05, 0) is 105 Å². The molecule has 14 nitrogen and oxygen atoms in total. The minimum Gasteiger partial charge on any atom is -0.343 e. The summed E-state index contributed by atoms with van der Waals surface area (Å²) in [6, 6.07) is 41.0. The van der Waals surface area contributed by atoms with Gasteiger partial charge in [0.2, 0.25) is 35.4 Å². The molecule has 7 rings (SSSR count). The van der Waals surface area contributed by atoms with E-state index < -0.39 is 48.3 Å². The van der Waals surface area contributed by atoms with Gasteiger partial charge < -0.3 is 41.7 Å². The first-order valence-corrected chi connectivity index (χ1v) is 37.6. The number of benzene rings is 5. The van der Waals surface area contributed by atoms with Crippen LogP contribution in [0.5, 0.6) is 0 Å². The Morgan fingerprint density at radius 2 is 0.750 bits per heavy atom. The Hall–Kier alpha value is -6.11. The number of amides is 6. The van der Waals surface area contributed by atoms with Gasteiger partial charge in [-0.25, -0.2) is 0 Å². The molecule has 0 spiro atoms. The number of nitrogens with zero attached hydrogens (tertiary/aromatic N) is 2. The third kappa shape index (κ3) is 23.7. The number of nitrogens with one attached hydrogen (secondary N) is 6. The third-order valence-electron chi connectivity index (χ3n) is 17.8. The van der Waals surface area contributed by atoms with E-state index in [1.54, 1.807) is 61.3 Å². The second kappa shape index (κ2) is 40.9. The maximum absolute atomic E-state index is 14.9. The van der Waals surface area contributed by atoms with Crippen molar-refractivity contribution in [3.05, 3.63) is 178 Å². The van der Waals surface area contributed by atoms with Crippen LogP contribution in [0.4, 0.5) is 0 Å². The summed E-state index contributed by atoms with van der Waals surface area (Å²) in [6.07, 6.45) is 20.9. The Kier molecular flexibility index (Phi) is 32.6. The van der Waals surface area contributed by atoms with Gasteiger partial charge in [0.25, 0.3) is 0 Å².